The van der Waals surface area contributed by atoms with Gasteiger partial charge in [0.15, 0.2) is 0 Å². The third kappa shape index (κ3) is 3.05. The number of nitrogens with two attached hydrogens (primary N) is 1. The molecule has 0 aliphatic rings. The quantitative estimate of drug-likeness (QED) is 0.799. The van der Waals surface area contributed by atoms with Crippen LogP contribution in [0.15, 0.2) is 30.3 Å². The minimum Gasteiger partial charge on any atom is -0.329 e. The molecule has 0 aliphatic heterocycles. The van der Waals surface area contributed by atoms with Crippen LogP contribution in [0, 0.1) is 0 Å². The summed E-state index contributed by atoms with van der Waals surface area (Å²) in [5.74, 6) is 0.487. The molecule has 2 unspecified atom stereocenters. The first-order chi connectivity index (χ1) is 7.20. The Bertz CT molecular complexity index is 271. The van der Waals surface area contributed by atoms with Crippen molar-refractivity contribution >= 4 is 0 Å². The average Bonchev–Trinajstić information content (AvgIpc) is 2.30. The Balaban J connectivity index is 2.77. The van der Waals surface area contributed by atoms with Crippen LogP contribution in [0.5, 0.6) is 0 Å². The monoisotopic (exact) mass is 206 g/mol. The van der Waals surface area contributed by atoms with Crippen molar-refractivity contribution in [1.29, 1.82) is 0 Å². The highest BCUT2D eigenvalue weighted by Gasteiger charge is 2.20. The van der Waals surface area contributed by atoms with Crippen LogP contribution in [-0.2, 0) is 0 Å². The molecule has 0 aromatic heterocycles. The van der Waals surface area contributed by atoms with Gasteiger partial charge in [0.25, 0.3) is 0 Å². The van der Waals surface area contributed by atoms with Crippen molar-refractivity contribution in [2.24, 2.45) is 5.73 Å². The number of hydrogen-bond acceptors (Lipinski definition) is 2. The van der Waals surface area contributed by atoms with Crippen LogP contribution in [0.1, 0.15) is 25.3 Å². The summed E-state index contributed by atoms with van der Waals surface area (Å²) in [5.41, 5.74) is 7.21. The van der Waals surface area contributed by atoms with Gasteiger partial charge in [-0.25, -0.2) is 0 Å². The second-order valence-corrected chi connectivity index (χ2v) is 4.08. The van der Waals surface area contributed by atoms with E-state index in [9.17, 15) is 0 Å². The normalized spacial score (nSPS) is 15.3. The van der Waals surface area contributed by atoms with E-state index in [0.29, 0.717) is 18.5 Å². The number of benzene rings is 1. The summed E-state index contributed by atoms with van der Waals surface area (Å²) in [6.45, 7) is 6.17. The molecule has 2 nitrogen and oxygen atoms in total. The molecule has 0 bridgehead atoms. The van der Waals surface area contributed by atoms with Crippen LogP contribution in [0.3, 0.4) is 0 Å². The maximum absolute atomic E-state index is 5.85. The third-order valence-electron chi connectivity index (χ3n) is 3.21. The molecular formula is C13H22N2. The van der Waals surface area contributed by atoms with E-state index >= 15 is 0 Å². The topological polar surface area (TPSA) is 29.3 Å². The van der Waals surface area contributed by atoms with Crippen molar-refractivity contribution < 1.29 is 0 Å². The number of hydrogen-bond donors (Lipinski definition) is 1. The molecule has 84 valence electrons. The van der Waals surface area contributed by atoms with Crippen molar-refractivity contribution in [3.8, 4) is 0 Å². The minimum atomic E-state index is 0.428. The van der Waals surface area contributed by atoms with Crippen LogP contribution < -0.4 is 5.73 Å². The highest BCUT2D eigenvalue weighted by Crippen LogP contribution is 2.21. The van der Waals surface area contributed by atoms with Crippen LogP contribution in [0.2, 0.25) is 0 Å². The molecule has 1 rings (SSSR count). The molecule has 15 heavy (non-hydrogen) atoms. The molecule has 0 radical (unpaired) electrons. The Morgan fingerprint density at radius 3 is 2.33 bits per heavy atom. The molecule has 0 fully saturated rings. The zero-order valence-corrected chi connectivity index (χ0v) is 9.98. The summed E-state index contributed by atoms with van der Waals surface area (Å²) in [6, 6.07) is 11.0. The van der Waals surface area contributed by atoms with Gasteiger partial charge in [0.1, 0.15) is 0 Å². The number of nitrogens with zero attached hydrogens (tertiary/aromatic N) is 1. The molecule has 1 aromatic rings. The summed E-state index contributed by atoms with van der Waals surface area (Å²) in [4.78, 5) is 2.32. The SMILES string of the molecule is CCN(C)C(CN)C(C)c1ccccc1. The van der Waals surface area contributed by atoms with E-state index in [1.807, 2.05) is 0 Å². The Labute approximate surface area is 93.1 Å². The predicted octanol–water partition coefficient (Wildman–Crippen LogP) is 2.07. The molecular weight excluding hydrogens is 184 g/mol. The Morgan fingerprint density at radius 2 is 1.87 bits per heavy atom. The van der Waals surface area contributed by atoms with Crippen molar-refractivity contribution in [2.45, 2.75) is 25.8 Å². The average molecular weight is 206 g/mol. The van der Waals surface area contributed by atoms with E-state index < -0.39 is 0 Å². The zero-order valence-electron chi connectivity index (χ0n) is 9.98. The van der Waals surface area contributed by atoms with Gasteiger partial charge >= 0.3 is 0 Å². The fraction of sp³-hybridized carbons (Fsp3) is 0.538. The van der Waals surface area contributed by atoms with Gasteiger partial charge in [-0.1, -0.05) is 44.2 Å². The lowest BCUT2D eigenvalue weighted by Crippen LogP contribution is -2.41. The molecule has 0 aliphatic carbocycles. The molecule has 0 amide bonds. The highest BCUT2D eigenvalue weighted by molar-refractivity contribution is 5.20. The molecule has 0 saturated heterocycles. The lowest BCUT2D eigenvalue weighted by molar-refractivity contribution is 0.231. The molecule has 0 saturated carbocycles. The van der Waals surface area contributed by atoms with Crippen LogP contribution >= 0.6 is 0 Å². The van der Waals surface area contributed by atoms with E-state index in [1.54, 1.807) is 0 Å². The highest BCUT2D eigenvalue weighted by atomic mass is 15.1. The number of likely N-dealkylation sites (N-methyl/N-ethyl adjacent to an activating group) is 1. The van der Waals surface area contributed by atoms with Crippen LogP contribution in [0.25, 0.3) is 0 Å². The minimum absolute atomic E-state index is 0.428. The van der Waals surface area contributed by atoms with Crippen LogP contribution in [0.4, 0.5) is 0 Å². The summed E-state index contributed by atoms with van der Waals surface area (Å²) < 4.78 is 0. The zero-order chi connectivity index (χ0) is 11.3. The largest absolute Gasteiger partial charge is 0.329 e. The fourth-order valence-electron chi connectivity index (χ4n) is 1.98. The Hall–Kier alpha value is -0.860. The van der Waals surface area contributed by atoms with E-state index in [4.69, 9.17) is 5.73 Å². The molecule has 2 heteroatoms. The van der Waals surface area contributed by atoms with Crippen molar-refractivity contribution in [3.63, 3.8) is 0 Å². The van der Waals surface area contributed by atoms with Gasteiger partial charge < -0.3 is 10.6 Å². The smallest absolute Gasteiger partial charge is 0.0281 e. The molecule has 0 heterocycles. The second-order valence-electron chi connectivity index (χ2n) is 4.08. The molecule has 0 spiro atoms. The van der Waals surface area contributed by atoms with Crippen LogP contribution in [-0.4, -0.2) is 31.1 Å². The van der Waals surface area contributed by atoms with E-state index in [-0.39, 0.29) is 0 Å². The fourth-order valence-corrected chi connectivity index (χ4v) is 1.98. The number of rotatable bonds is 5. The lowest BCUT2D eigenvalue weighted by atomic mass is 9.92. The Kier molecular flexibility index (Phi) is 4.79. The first-order valence-electron chi connectivity index (χ1n) is 5.66. The van der Waals surface area contributed by atoms with Gasteiger partial charge in [-0.2, -0.15) is 0 Å². The summed E-state index contributed by atoms with van der Waals surface area (Å²) in [6.07, 6.45) is 0. The maximum atomic E-state index is 5.85. The van der Waals surface area contributed by atoms with Crippen molar-refractivity contribution in [3.05, 3.63) is 35.9 Å². The van der Waals surface area contributed by atoms with Gasteiger partial charge in [-0.3, -0.25) is 0 Å². The van der Waals surface area contributed by atoms with Gasteiger partial charge in [0.05, 0.1) is 0 Å². The van der Waals surface area contributed by atoms with Gasteiger partial charge in [-0.05, 0) is 25.1 Å². The van der Waals surface area contributed by atoms with Gasteiger partial charge in [0.2, 0.25) is 0 Å². The first kappa shape index (κ1) is 12.2. The van der Waals surface area contributed by atoms with E-state index in [2.05, 4.69) is 56.1 Å². The third-order valence-corrected chi connectivity index (χ3v) is 3.21. The first-order valence-corrected chi connectivity index (χ1v) is 5.66. The lowest BCUT2D eigenvalue weighted by Gasteiger charge is -2.31. The Morgan fingerprint density at radius 1 is 1.27 bits per heavy atom. The standard InChI is InChI=1S/C13H22N2/c1-4-15(3)13(10-14)11(2)12-8-6-5-7-9-12/h5-9,11,13H,4,10,14H2,1-3H3. The molecule has 2 N–H and O–H groups in total. The van der Waals surface area contributed by atoms with Crippen molar-refractivity contribution in [2.75, 3.05) is 20.1 Å². The van der Waals surface area contributed by atoms with Gasteiger partial charge in [-0.15, -0.1) is 0 Å². The van der Waals surface area contributed by atoms with E-state index in [0.717, 1.165) is 6.54 Å². The second kappa shape index (κ2) is 5.89. The summed E-state index contributed by atoms with van der Waals surface area (Å²) in [7, 11) is 2.14. The van der Waals surface area contributed by atoms with Crippen molar-refractivity contribution in [1.82, 2.24) is 4.90 Å². The maximum Gasteiger partial charge on any atom is 0.0281 e. The van der Waals surface area contributed by atoms with E-state index in [1.165, 1.54) is 5.56 Å². The molecule has 1 aromatic carbocycles. The van der Waals surface area contributed by atoms with Gasteiger partial charge in [0, 0.05) is 12.6 Å². The predicted molar refractivity (Wildman–Crippen MR) is 66.0 cm³/mol. The summed E-state index contributed by atoms with van der Waals surface area (Å²) in [5, 5.41) is 0. The molecule has 2 atom stereocenters. The summed E-state index contributed by atoms with van der Waals surface area (Å²) >= 11 is 0.